The predicted octanol–water partition coefficient (Wildman–Crippen LogP) is 3.84. The van der Waals surface area contributed by atoms with Crippen molar-refractivity contribution >= 4 is 17.3 Å². The van der Waals surface area contributed by atoms with Crippen molar-refractivity contribution < 1.29 is 0 Å². The highest BCUT2D eigenvalue weighted by Crippen LogP contribution is 2.39. The molecule has 1 aliphatic rings. The molecule has 17 heavy (non-hydrogen) atoms. The maximum atomic E-state index is 5.98. The van der Waals surface area contributed by atoms with Gasteiger partial charge in [0, 0.05) is 36.7 Å². The second-order valence-electron chi connectivity index (χ2n) is 5.02. The Balaban J connectivity index is 2.20. The standard InChI is InChI=1S/C14H21ClN2/c1-3-14(4-2)6-8-17(11-14)13-5-7-16-10-12(13)9-15/h5,7,10H,3-4,6,8-9,11H2,1-2H3. The fourth-order valence-corrected chi connectivity index (χ4v) is 3.01. The molecular weight excluding hydrogens is 232 g/mol. The van der Waals surface area contributed by atoms with Crippen LogP contribution in [-0.4, -0.2) is 18.1 Å². The molecule has 0 unspecified atom stereocenters. The number of pyridine rings is 1. The van der Waals surface area contributed by atoms with Gasteiger partial charge >= 0.3 is 0 Å². The van der Waals surface area contributed by atoms with E-state index in [1.165, 1.54) is 24.9 Å². The summed E-state index contributed by atoms with van der Waals surface area (Å²) >= 11 is 5.98. The van der Waals surface area contributed by atoms with Crippen molar-refractivity contribution in [1.82, 2.24) is 4.98 Å². The van der Waals surface area contributed by atoms with Crippen LogP contribution in [0.15, 0.2) is 18.5 Å². The molecule has 1 aromatic rings. The van der Waals surface area contributed by atoms with Crippen molar-refractivity contribution in [3.8, 4) is 0 Å². The van der Waals surface area contributed by atoms with E-state index in [1.54, 1.807) is 0 Å². The van der Waals surface area contributed by atoms with Crippen LogP contribution in [0.25, 0.3) is 0 Å². The highest BCUT2D eigenvalue weighted by molar-refractivity contribution is 6.17. The van der Waals surface area contributed by atoms with Crippen molar-refractivity contribution in [2.45, 2.75) is 39.0 Å². The SMILES string of the molecule is CCC1(CC)CCN(c2ccncc2CCl)C1. The van der Waals surface area contributed by atoms with Gasteiger partial charge in [0.05, 0.1) is 5.88 Å². The Bertz CT molecular complexity index is 374. The highest BCUT2D eigenvalue weighted by atomic mass is 35.5. The van der Waals surface area contributed by atoms with Crippen molar-refractivity contribution in [3.05, 3.63) is 24.0 Å². The maximum absolute atomic E-state index is 5.98. The molecule has 0 atom stereocenters. The summed E-state index contributed by atoms with van der Waals surface area (Å²) in [6.07, 6.45) is 7.58. The summed E-state index contributed by atoms with van der Waals surface area (Å²) in [5, 5.41) is 0. The molecule has 94 valence electrons. The molecule has 2 nitrogen and oxygen atoms in total. The van der Waals surface area contributed by atoms with E-state index in [0.717, 1.165) is 18.7 Å². The quantitative estimate of drug-likeness (QED) is 0.757. The third-order valence-corrected chi connectivity index (χ3v) is 4.59. The topological polar surface area (TPSA) is 16.1 Å². The van der Waals surface area contributed by atoms with E-state index in [-0.39, 0.29) is 0 Å². The van der Waals surface area contributed by atoms with Gasteiger partial charge < -0.3 is 4.90 Å². The number of nitrogens with zero attached hydrogens (tertiary/aromatic N) is 2. The van der Waals surface area contributed by atoms with Crippen LogP contribution in [-0.2, 0) is 5.88 Å². The number of hydrogen-bond donors (Lipinski definition) is 0. The van der Waals surface area contributed by atoms with Gasteiger partial charge in [-0.05, 0) is 30.7 Å². The lowest BCUT2D eigenvalue weighted by Crippen LogP contribution is -2.26. The summed E-state index contributed by atoms with van der Waals surface area (Å²) in [5.41, 5.74) is 2.93. The van der Waals surface area contributed by atoms with Gasteiger partial charge in [0.2, 0.25) is 0 Å². The molecule has 0 spiro atoms. The van der Waals surface area contributed by atoms with Crippen LogP contribution < -0.4 is 4.90 Å². The summed E-state index contributed by atoms with van der Waals surface area (Å²) < 4.78 is 0. The van der Waals surface area contributed by atoms with Crippen molar-refractivity contribution in [2.24, 2.45) is 5.41 Å². The van der Waals surface area contributed by atoms with Gasteiger partial charge in [0.15, 0.2) is 0 Å². The molecule has 0 radical (unpaired) electrons. The molecule has 0 bridgehead atoms. The maximum Gasteiger partial charge on any atom is 0.0509 e. The lowest BCUT2D eigenvalue weighted by Gasteiger charge is -2.28. The smallest absolute Gasteiger partial charge is 0.0509 e. The van der Waals surface area contributed by atoms with Gasteiger partial charge in [0.1, 0.15) is 0 Å². The van der Waals surface area contributed by atoms with Crippen LogP contribution >= 0.6 is 11.6 Å². The minimum Gasteiger partial charge on any atom is -0.371 e. The van der Waals surface area contributed by atoms with Gasteiger partial charge in [-0.3, -0.25) is 4.98 Å². The zero-order valence-corrected chi connectivity index (χ0v) is 11.5. The van der Waals surface area contributed by atoms with Crippen molar-refractivity contribution in [3.63, 3.8) is 0 Å². The Morgan fingerprint density at radius 1 is 1.41 bits per heavy atom. The molecule has 1 aromatic heterocycles. The Morgan fingerprint density at radius 3 is 2.76 bits per heavy atom. The largest absolute Gasteiger partial charge is 0.371 e. The molecule has 0 aliphatic carbocycles. The van der Waals surface area contributed by atoms with E-state index in [2.05, 4.69) is 29.8 Å². The minimum absolute atomic E-state index is 0.507. The summed E-state index contributed by atoms with van der Waals surface area (Å²) in [6, 6.07) is 2.10. The molecule has 0 aromatic carbocycles. The van der Waals surface area contributed by atoms with Crippen LogP contribution in [0, 0.1) is 5.41 Å². The van der Waals surface area contributed by atoms with Crippen LogP contribution in [0.3, 0.4) is 0 Å². The molecule has 0 N–H and O–H groups in total. The first-order valence-electron chi connectivity index (χ1n) is 6.48. The van der Waals surface area contributed by atoms with E-state index in [4.69, 9.17) is 11.6 Å². The van der Waals surface area contributed by atoms with Crippen molar-refractivity contribution in [2.75, 3.05) is 18.0 Å². The summed E-state index contributed by atoms with van der Waals surface area (Å²) in [4.78, 5) is 6.63. The number of anilines is 1. The molecule has 2 heterocycles. The van der Waals surface area contributed by atoms with Gasteiger partial charge in [-0.15, -0.1) is 11.6 Å². The number of rotatable bonds is 4. The average molecular weight is 253 g/mol. The summed E-state index contributed by atoms with van der Waals surface area (Å²) in [6.45, 7) is 6.92. The van der Waals surface area contributed by atoms with Gasteiger partial charge in [-0.25, -0.2) is 0 Å². The van der Waals surface area contributed by atoms with E-state index in [1.807, 2.05) is 12.4 Å². The molecule has 1 fully saturated rings. The summed E-state index contributed by atoms with van der Waals surface area (Å²) in [5.74, 6) is 0.547. The lowest BCUT2D eigenvalue weighted by atomic mass is 9.82. The van der Waals surface area contributed by atoms with Gasteiger partial charge in [-0.1, -0.05) is 13.8 Å². The molecule has 1 saturated heterocycles. The van der Waals surface area contributed by atoms with Crippen LogP contribution in [0.4, 0.5) is 5.69 Å². The highest BCUT2D eigenvalue weighted by Gasteiger charge is 2.35. The van der Waals surface area contributed by atoms with Gasteiger partial charge in [0.25, 0.3) is 0 Å². The number of hydrogen-bond acceptors (Lipinski definition) is 2. The van der Waals surface area contributed by atoms with Crippen LogP contribution in [0.2, 0.25) is 0 Å². The zero-order chi connectivity index (χ0) is 12.3. The number of alkyl halides is 1. The molecule has 1 aliphatic heterocycles. The van der Waals surface area contributed by atoms with Gasteiger partial charge in [-0.2, -0.15) is 0 Å². The fraction of sp³-hybridized carbons (Fsp3) is 0.643. The molecule has 0 amide bonds. The average Bonchev–Trinajstić information content (AvgIpc) is 2.83. The molecule has 0 saturated carbocycles. The monoisotopic (exact) mass is 252 g/mol. The zero-order valence-electron chi connectivity index (χ0n) is 10.7. The van der Waals surface area contributed by atoms with E-state index in [0.29, 0.717) is 11.3 Å². The molecule has 3 heteroatoms. The Morgan fingerprint density at radius 2 is 2.18 bits per heavy atom. The second kappa shape index (κ2) is 5.26. The summed E-state index contributed by atoms with van der Waals surface area (Å²) in [7, 11) is 0. The van der Waals surface area contributed by atoms with E-state index < -0.39 is 0 Å². The normalized spacial score (nSPS) is 18.6. The first-order valence-corrected chi connectivity index (χ1v) is 7.02. The number of halogens is 1. The first-order chi connectivity index (χ1) is 8.24. The first kappa shape index (κ1) is 12.7. The Hall–Kier alpha value is -0.760. The van der Waals surface area contributed by atoms with Crippen molar-refractivity contribution in [1.29, 1.82) is 0 Å². The third kappa shape index (κ3) is 2.42. The third-order valence-electron chi connectivity index (χ3n) is 4.30. The fourth-order valence-electron chi connectivity index (χ4n) is 2.80. The van der Waals surface area contributed by atoms with Crippen LogP contribution in [0.5, 0.6) is 0 Å². The molecule has 2 rings (SSSR count). The minimum atomic E-state index is 0.507. The van der Waals surface area contributed by atoms with E-state index in [9.17, 15) is 0 Å². The lowest BCUT2D eigenvalue weighted by molar-refractivity contribution is 0.301. The Labute approximate surface area is 109 Å². The number of aromatic nitrogens is 1. The van der Waals surface area contributed by atoms with E-state index >= 15 is 0 Å². The predicted molar refractivity (Wildman–Crippen MR) is 73.6 cm³/mol. The Kier molecular flexibility index (Phi) is 3.93. The van der Waals surface area contributed by atoms with Crippen LogP contribution in [0.1, 0.15) is 38.7 Å². The molecular formula is C14H21ClN2. The second-order valence-corrected chi connectivity index (χ2v) is 5.28.